The molecule has 0 N–H and O–H groups in total. The van der Waals surface area contributed by atoms with E-state index in [9.17, 15) is 4.79 Å². The monoisotopic (exact) mass is 369 g/mol. The van der Waals surface area contributed by atoms with Gasteiger partial charge in [-0.1, -0.05) is 6.07 Å². The quantitative estimate of drug-likeness (QED) is 0.800. The van der Waals surface area contributed by atoms with E-state index in [0.717, 1.165) is 42.6 Å². The summed E-state index contributed by atoms with van der Waals surface area (Å²) in [5.41, 5.74) is 1.30. The molecule has 1 aromatic heterocycles. The minimum absolute atomic E-state index is 0.0517. The summed E-state index contributed by atoms with van der Waals surface area (Å²) in [5, 5.41) is 0.996. The number of piperidine rings is 1. The van der Waals surface area contributed by atoms with Gasteiger partial charge < -0.3 is 14.5 Å². The first kappa shape index (κ1) is 19.6. The highest BCUT2D eigenvalue weighted by Gasteiger charge is 2.22. The topological polar surface area (TPSA) is 45.7 Å². The zero-order valence-electron chi connectivity index (χ0n) is 17.1. The smallest absolute Gasteiger partial charge is 0.272 e. The number of pyridine rings is 1. The first-order valence-electron chi connectivity index (χ1n) is 9.94. The van der Waals surface area contributed by atoms with Gasteiger partial charge >= 0.3 is 0 Å². The second kappa shape index (κ2) is 8.26. The fourth-order valence-corrected chi connectivity index (χ4v) is 3.41. The number of aromatic nitrogens is 1. The number of hydrogen-bond acceptors (Lipinski definition) is 4. The average molecular weight is 370 g/mol. The summed E-state index contributed by atoms with van der Waals surface area (Å²) in [6.07, 6.45) is 2.39. The maximum absolute atomic E-state index is 12.5. The highest BCUT2D eigenvalue weighted by Crippen LogP contribution is 2.24. The molecule has 1 fully saturated rings. The summed E-state index contributed by atoms with van der Waals surface area (Å²) in [5.74, 6) is 0.829. The van der Waals surface area contributed by atoms with Gasteiger partial charge in [-0.2, -0.15) is 0 Å². The molecule has 5 nitrogen and oxygen atoms in total. The lowest BCUT2D eigenvalue weighted by molar-refractivity contribution is 0.0749. The number of amides is 1. The van der Waals surface area contributed by atoms with Gasteiger partial charge in [0.15, 0.2) is 0 Å². The molecule has 0 bridgehead atoms. The maximum Gasteiger partial charge on any atom is 0.272 e. The van der Waals surface area contributed by atoms with Gasteiger partial charge in [-0.15, -0.1) is 0 Å². The molecule has 2 heterocycles. The highest BCUT2D eigenvalue weighted by molar-refractivity contribution is 5.95. The molecule has 1 aliphatic rings. The number of rotatable bonds is 5. The van der Waals surface area contributed by atoms with Crippen molar-refractivity contribution in [2.24, 2.45) is 0 Å². The van der Waals surface area contributed by atoms with Crippen LogP contribution >= 0.6 is 0 Å². The Balaban J connectivity index is 1.69. The number of likely N-dealkylation sites (tertiary alicyclic amines) is 1. The lowest BCUT2D eigenvalue weighted by atomic mass is 10.1. The Hall–Kier alpha value is -2.14. The first-order chi connectivity index (χ1) is 12.8. The molecule has 0 atom stereocenters. The Labute approximate surface area is 162 Å². The number of hydrogen-bond donors (Lipinski definition) is 0. The largest absolute Gasteiger partial charge is 0.490 e. The Bertz CT molecular complexity index is 795. The van der Waals surface area contributed by atoms with E-state index >= 15 is 0 Å². The van der Waals surface area contributed by atoms with Crippen LogP contribution in [0, 0.1) is 0 Å². The predicted molar refractivity (Wildman–Crippen MR) is 109 cm³/mol. The van der Waals surface area contributed by atoms with Crippen LogP contribution in [0.1, 0.15) is 51.0 Å². The number of ether oxygens (including phenoxy) is 1. The molecule has 0 saturated carbocycles. The van der Waals surface area contributed by atoms with Crippen molar-refractivity contribution in [2.75, 3.05) is 20.1 Å². The average Bonchev–Trinajstić information content (AvgIpc) is 2.66. The fraction of sp³-hybridized carbons (Fsp3) is 0.545. The third-order valence-corrected chi connectivity index (χ3v) is 5.48. The van der Waals surface area contributed by atoms with E-state index in [1.807, 2.05) is 38.1 Å². The Morgan fingerprint density at radius 1 is 1.15 bits per heavy atom. The molecule has 27 heavy (non-hydrogen) atoms. The van der Waals surface area contributed by atoms with Crippen LogP contribution < -0.4 is 4.74 Å². The van der Waals surface area contributed by atoms with E-state index in [0.29, 0.717) is 11.7 Å². The van der Waals surface area contributed by atoms with Crippen molar-refractivity contribution in [2.45, 2.75) is 58.7 Å². The molecule has 2 aromatic rings. The van der Waals surface area contributed by atoms with Crippen LogP contribution in [0.4, 0.5) is 0 Å². The van der Waals surface area contributed by atoms with Gasteiger partial charge in [0.25, 0.3) is 5.91 Å². The lowest BCUT2D eigenvalue weighted by Gasteiger charge is -2.34. The van der Waals surface area contributed by atoms with E-state index in [1.54, 1.807) is 18.0 Å². The molecule has 1 saturated heterocycles. The molecule has 1 aliphatic heterocycles. The second-order valence-corrected chi connectivity index (χ2v) is 8.01. The summed E-state index contributed by atoms with van der Waals surface area (Å²) in [6.45, 7) is 10.7. The summed E-state index contributed by atoms with van der Waals surface area (Å²) in [4.78, 5) is 21.2. The van der Waals surface area contributed by atoms with Crippen molar-refractivity contribution in [1.29, 1.82) is 0 Å². The third-order valence-electron chi connectivity index (χ3n) is 5.48. The Morgan fingerprint density at radius 2 is 1.85 bits per heavy atom. The molecule has 1 aromatic carbocycles. The lowest BCUT2D eigenvalue weighted by Crippen LogP contribution is -2.41. The number of benzene rings is 1. The molecule has 1 amide bonds. The van der Waals surface area contributed by atoms with Gasteiger partial charge in [0.2, 0.25) is 0 Å². The van der Waals surface area contributed by atoms with Gasteiger partial charge in [-0.3, -0.25) is 4.79 Å². The number of nitrogens with zero attached hydrogens (tertiary/aromatic N) is 3. The number of fused-ring (bicyclic) bond motifs is 1. The maximum atomic E-state index is 12.5. The zero-order chi connectivity index (χ0) is 19.6. The Kier molecular flexibility index (Phi) is 6.00. The zero-order valence-corrected chi connectivity index (χ0v) is 17.1. The molecule has 0 unspecified atom stereocenters. The van der Waals surface area contributed by atoms with Gasteiger partial charge in [0.1, 0.15) is 17.5 Å². The molecule has 3 rings (SSSR count). The minimum Gasteiger partial charge on any atom is -0.490 e. The normalized spacial score (nSPS) is 16.3. The SMILES string of the molecule is CC(C)N1CCC(Oc2ccc3nc(C(=O)N(C)C(C)C)ccc3c2)CC1. The summed E-state index contributed by atoms with van der Waals surface area (Å²) in [7, 11) is 1.81. The minimum atomic E-state index is -0.0517. The van der Waals surface area contributed by atoms with Crippen molar-refractivity contribution in [3.05, 3.63) is 36.0 Å². The summed E-state index contributed by atoms with van der Waals surface area (Å²) in [6, 6.07) is 10.4. The van der Waals surface area contributed by atoms with Crippen LogP contribution in [0.5, 0.6) is 5.75 Å². The Morgan fingerprint density at radius 3 is 2.48 bits per heavy atom. The second-order valence-electron chi connectivity index (χ2n) is 8.01. The highest BCUT2D eigenvalue weighted by atomic mass is 16.5. The van der Waals surface area contributed by atoms with Gasteiger partial charge in [-0.05, 0) is 64.8 Å². The van der Waals surface area contributed by atoms with Crippen LogP contribution in [0.3, 0.4) is 0 Å². The van der Waals surface area contributed by atoms with Gasteiger partial charge in [0, 0.05) is 37.6 Å². The molecule has 0 radical (unpaired) electrons. The van der Waals surface area contributed by atoms with Crippen molar-refractivity contribution < 1.29 is 9.53 Å². The van der Waals surface area contributed by atoms with Crippen LogP contribution in [-0.2, 0) is 0 Å². The molecular formula is C22H31N3O2. The molecular weight excluding hydrogens is 338 g/mol. The molecule has 146 valence electrons. The van der Waals surface area contributed by atoms with Gasteiger partial charge in [0.05, 0.1) is 5.52 Å². The number of carbonyl (C=O) groups excluding carboxylic acids is 1. The van der Waals surface area contributed by atoms with Crippen molar-refractivity contribution in [3.8, 4) is 5.75 Å². The van der Waals surface area contributed by atoms with Crippen LogP contribution in [0.2, 0.25) is 0 Å². The molecule has 0 spiro atoms. The molecule has 5 heteroatoms. The summed E-state index contributed by atoms with van der Waals surface area (Å²) >= 11 is 0. The van der Waals surface area contributed by atoms with Crippen molar-refractivity contribution in [3.63, 3.8) is 0 Å². The van der Waals surface area contributed by atoms with Crippen LogP contribution in [0.15, 0.2) is 30.3 Å². The standard InChI is InChI=1S/C22H31N3O2/c1-15(2)24(5)22(26)21-8-6-17-14-19(7-9-20(17)23-21)27-18-10-12-25(13-11-18)16(3)4/h6-9,14-16,18H,10-13H2,1-5H3. The van der Waals surface area contributed by atoms with Crippen molar-refractivity contribution in [1.82, 2.24) is 14.8 Å². The van der Waals surface area contributed by atoms with E-state index in [4.69, 9.17) is 4.74 Å². The van der Waals surface area contributed by atoms with Crippen LogP contribution in [0.25, 0.3) is 10.9 Å². The van der Waals surface area contributed by atoms with Crippen molar-refractivity contribution >= 4 is 16.8 Å². The third kappa shape index (κ3) is 4.59. The first-order valence-corrected chi connectivity index (χ1v) is 9.94. The predicted octanol–water partition coefficient (Wildman–Crippen LogP) is 3.97. The summed E-state index contributed by atoms with van der Waals surface area (Å²) < 4.78 is 6.21. The van der Waals surface area contributed by atoms with Gasteiger partial charge in [-0.25, -0.2) is 4.98 Å². The molecule has 0 aliphatic carbocycles. The van der Waals surface area contributed by atoms with E-state index in [1.165, 1.54) is 0 Å². The van der Waals surface area contributed by atoms with E-state index < -0.39 is 0 Å². The fourth-order valence-electron chi connectivity index (χ4n) is 3.41. The number of carbonyl (C=O) groups is 1. The van der Waals surface area contributed by atoms with Crippen LogP contribution in [-0.4, -0.2) is 59.0 Å². The van der Waals surface area contributed by atoms with E-state index in [-0.39, 0.29) is 18.1 Å². The van der Waals surface area contributed by atoms with E-state index in [2.05, 4.69) is 23.7 Å².